The van der Waals surface area contributed by atoms with E-state index in [4.69, 9.17) is 11.6 Å². The number of anilines is 2. The summed E-state index contributed by atoms with van der Waals surface area (Å²) < 4.78 is 0. The molecule has 1 aliphatic rings. The van der Waals surface area contributed by atoms with Gasteiger partial charge >= 0.3 is 0 Å². The van der Waals surface area contributed by atoms with Gasteiger partial charge in [-0.2, -0.15) is 0 Å². The lowest BCUT2D eigenvalue weighted by molar-refractivity contribution is -0.123. The summed E-state index contributed by atoms with van der Waals surface area (Å²) in [6.07, 6.45) is 0. The lowest BCUT2D eigenvalue weighted by atomic mass is 9.97. The highest BCUT2D eigenvalue weighted by atomic mass is 35.5. The van der Waals surface area contributed by atoms with E-state index in [9.17, 15) is 9.59 Å². The summed E-state index contributed by atoms with van der Waals surface area (Å²) in [5, 5.41) is 2.82. The van der Waals surface area contributed by atoms with Crippen LogP contribution < -0.4 is 10.2 Å². The molecule has 0 bridgehead atoms. The van der Waals surface area contributed by atoms with Crippen LogP contribution in [0.2, 0.25) is 0 Å². The van der Waals surface area contributed by atoms with Crippen LogP contribution >= 0.6 is 11.6 Å². The molecule has 1 aromatic rings. The Morgan fingerprint density at radius 2 is 2.11 bits per heavy atom. The normalized spacial score (nSPS) is 18.6. The zero-order valence-corrected chi connectivity index (χ0v) is 11.1. The number of halogens is 1. The zero-order valence-electron chi connectivity index (χ0n) is 10.3. The molecule has 0 fully saturated rings. The second-order valence-corrected chi connectivity index (χ2v) is 4.86. The molecule has 1 aromatic carbocycles. The number of nitrogens with zero attached hydrogens (tertiary/aromatic N) is 1. The van der Waals surface area contributed by atoms with Gasteiger partial charge < -0.3 is 5.32 Å². The maximum atomic E-state index is 12.1. The van der Waals surface area contributed by atoms with Gasteiger partial charge in [-0.15, -0.1) is 11.6 Å². The topological polar surface area (TPSA) is 49.4 Å². The summed E-state index contributed by atoms with van der Waals surface area (Å²) in [7, 11) is 0. The fraction of sp³-hybridized carbons (Fsp3) is 0.385. The van der Waals surface area contributed by atoms with Crippen LogP contribution in [0.4, 0.5) is 11.4 Å². The number of hydrogen-bond donors (Lipinski definition) is 1. The molecule has 1 aliphatic heterocycles. The summed E-state index contributed by atoms with van der Waals surface area (Å²) in [4.78, 5) is 25.6. The Morgan fingerprint density at radius 3 is 2.72 bits per heavy atom. The van der Waals surface area contributed by atoms with Gasteiger partial charge in [0.05, 0.1) is 11.4 Å². The Morgan fingerprint density at radius 1 is 1.44 bits per heavy atom. The van der Waals surface area contributed by atoms with Crippen molar-refractivity contribution in [3.05, 3.63) is 24.3 Å². The first-order valence-electron chi connectivity index (χ1n) is 5.84. The molecule has 0 saturated heterocycles. The molecule has 96 valence electrons. The monoisotopic (exact) mass is 266 g/mol. The SMILES string of the molecule is CC(C)[C@H]1C(=O)Nc2ccccc2N1C(=O)CCl. The molecule has 1 N–H and O–H groups in total. The molecule has 1 atom stereocenters. The minimum Gasteiger partial charge on any atom is -0.322 e. The van der Waals surface area contributed by atoms with Crippen molar-refractivity contribution in [1.29, 1.82) is 0 Å². The summed E-state index contributed by atoms with van der Waals surface area (Å²) in [6.45, 7) is 3.82. The van der Waals surface area contributed by atoms with E-state index in [-0.39, 0.29) is 23.6 Å². The Balaban J connectivity index is 2.53. The lowest BCUT2D eigenvalue weighted by Gasteiger charge is -2.38. The van der Waals surface area contributed by atoms with E-state index in [0.29, 0.717) is 11.4 Å². The number of para-hydroxylation sites is 2. The van der Waals surface area contributed by atoms with Crippen molar-refractivity contribution in [2.24, 2.45) is 5.92 Å². The predicted molar refractivity (Wildman–Crippen MR) is 71.9 cm³/mol. The Kier molecular flexibility index (Phi) is 3.57. The third kappa shape index (κ3) is 2.08. The van der Waals surface area contributed by atoms with Crippen molar-refractivity contribution in [3.8, 4) is 0 Å². The van der Waals surface area contributed by atoms with Gasteiger partial charge in [-0.3, -0.25) is 14.5 Å². The molecule has 5 heteroatoms. The third-order valence-electron chi connectivity index (χ3n) is 2.98. The highest BCUT2D eigenvalue weighted by Crippen LogP contribution is 2.34. The standard InChI is InChI=1S/C13H15ClN2O2/c1-8(2)12-13(18)15-9-5-3-4-6-10(9)16(12)11(17)7-14/h3-6,8,12H,7H2,1-2H3,(H,15,18)/t12-/m0/s1. The van der Waals surface area contributed by atoms with Gasteiger partial charge in [-0.1, -0.05) is 26.0 Å². The molecule has 0 aromatic heterocycles. The molecule has 1 heterocycles. The number of benzene rings is 1. The van der Waals surface area contributed by atoms with E-state index in [2.05, 4.69) is 5.32 Å². The second kappa shape index (κ2) is 4.98. The zero-order chi connectivity index (χ0) is 13.3. The molecule has 18 heavy (non-hydrogen) atoms. The number of carbonyl (C=O) groups excluding carboxylic acids is 2. The van der Waals surface area contributed by atoms with E-state index >= 15 is 0 Å². The van der Waals surface area contributed by atoms with E-state index in [1.54, 1.807) is 6.07 Å². The van der Waals surface area contributed by atoms with Crippen molar-refractivity contribution in [2.75, 3.05) is 16.1 Å². The summed E-state index contributed by atoms with van der Waals surface area (Å²) in [5.41, 5.74) is 1.36. The smallest absolute Gasteiger partial charge is 0.247 e. The van der Waals surface area contributed by atoms with Gasteiger partial charge in [0, 0.05) is 0 Å². The van der Waals surface area contributed by atoms with Gasteiger partial charge in [0.1, 0.15) is 11.9 Å². The number of rotatable bonds is 2. The maximum absolute atomic E-state index is 12.1. The minimum absolute atomic E-state index is 0.0190. The minimum atomic E-state index is -0.508. The number of nitrogens with one attached hydrogen (secondary N) is 1. The molecule has 0 unspecified atom stereocenters. The van der Waals surface area contributed by atoms with Crippen LogP contribution in [-0.2, 0) is 9.59 Å². The Bertz CT molecular complexity index is 488. The Labute approximate surface area is 111 Å². The molecule has 2 rings (SSSR count). The molecule has 0 aliphatic carbocycles. The van der Waals surface area contributed by atoms with Crippen molar-refractivity contribution in [1.82, 2.24) is 0 Å². The van der Waals surface area contributed by atoms with Crippen molar-refractivity contribution >= 4 is 34.8 Å². The van der Waals surface area contributed by atoms with E-state index in [1.165, 1.54) is 4.90 Å². The quantitative estimate of drug-likeness (QED) is 0.835. The third-order valence-corrected chi connectivity index (χ3v) is 3.21. The van der Waals surface area contributed by atoms with Crippen LogP contribution in [0.1, 0.15) is 13.8 Å². The van der Waals surface area contributed by atoms with Gasteiger partial charge in [-0.25, -0.2) is 0 Å². The van der Waals surface area contributed by atoms with Crippen LogP contribution in [-0.4, -0.2) is 23.7 Å². The molecular formula is C13H15ClN2O2. The second-order valence-electron chi connectivity index (χ2n) is 4.59. The maximum Gasteiger partial charge on any atom is 0.247 e. The first-order valence-corrected chi connectivity index (χ1v) is 6.37. The number of amides is 2. The van der Waals surface area contributed by atoms with Gasteiger partial charge in [0.15, 0.2) is 0 Å². The van der Waals surface area contributed by atoms with Crippen molar-refractivity contribution in [3.63, 3.8) is 0 Å². The van der Waals surface area contributed by atoms with Crippen LogP contribution in [0, 0.1) is 5.92 Å². The fourth-order valence-corrected chi connectivity index (χ4v) is 2.35. The first kappa shape index (κ1) is 12.9. The largest absolute Gasteiger partial charge is 0.322 e. The van der Waals surface area contributed by atoms with Gasteiger partial charge in [0.2, 0.25) is 11.8 Å². The van der Waals surface area contributed by atoms with Crippen molar-refractivity contribution < 1.29 is 9.59 Å². The highest BCUT2D eigenvalue weighted by Gasteiger charge is 2.38. The van der Waals surface area contributed by atoms with Crippen LogP contribution in [0.5, 0.6) is 0 Å². The number of hydrogen-bond acceptors (Lipinski definition) is 2. The van der Waals surface area contributed by atoms with Gasteiger partial charge in [-0.05, 0) is 18.1 Å². The number of alkyl halides is 1. The summed E-state index contributed by atoms with van der Waals surface area (Å²) in [6, 6.07) is 6.74. The van der Waals surface area contributed by atoms with E-state index in [1.807, 2.05) is 32.0 Å². The molecule has 0 spiro atoms. The summed E-state index contributed by atoms with van der Waals surface area (Å²) >= 11 is 5.65. The molecule has 0 saturated carbocycles. The first-order chi connectivity index (χ1) is 8.56. The Hall–Kier alpha value is -1.55. The molecule has 2 amide bonds. The van der Waals surface area contributed by atoms with E-state index < -0.39 is 6.04 Å². The van der Waals surface area contributed by atoms with Crippen molar-refractivity contribution in [2.45, 2.75) is 19.9 Å². The molecule has 0 radical (unpaired) electrons. The fourth-order valence-electron chi connectivity index (χ4n) is 2.22. The van der Waals surface area contributed by atoms with Crippen LogP contribution in [0.15, 0.2) is 24.3 Å². The summed E-state index contributed by atoms with van der Waals surface area (Å²) in [5.74, 6) is -0.532. The average molecular weight is 267 g/mol. The molecular weight excluding hydrogens is 252 g/mol. The molecule has 4 nitrogen and oxygen atoms in total. The van der Waals surface area contributed by atoms with Gasteiger partial charge in [0.25, 0.3) is 0 Å². The highest BCUT2D eigenvalue weighted by molar-refractivity contribution is 6.30. The average Bonchev–Trinajstić information content (AvgIpc) is 2.35. The number of carbonyl (C=O) groups is 2. The predicted octanol–water partition coefficient (Wildman–Crippen LogP) is 2.24. The lowest BCUT2D eigenvalue weighted by Crippen LogP contribution is -2.54. The van der Waals surface area contributed by atoms with Crippen LogP contribution in [0.25, 0.3) is 0 Å². The number of fused-ring (bicyclic) bond motifs is 1. The van der Waals surface area contributed by atoms with E-state index in [0.717, 1.165) is 0 Å². The van der Waals surface area contributed by atoms with Crippen LogP contribution in [0.3, 0.4) is 0 Å².